The molecular formula is C20H32ClN3O3. The highest BCUT2D eigenvalue weighted by molar-refractivity contribution is 5.94. The molecule has 6 nitrogen and oxygen atoms in total. The third-order valence-corrected chi connectivity index (χ3v) is 5.30. The quantitative estimate of drug-likeness (QED) is 0.740. The Bertz CT molecular complexity index is 609. The number of nitrogens with zero attached hydrogens (tertiary/aromatic N) is 2. The summed E-state index contributed by atoms with van der Waals surface area (Å²) in [4.78, 5) is 27.6. The largest absolute Gasteiger partial charge is 0.480 e. The van der Waals surface area contributed by atoms with Gasteiger partial charge in [-0.2, -0.15) is 0 Å². The lowest BCUT2D eigenvalue weighted by Gasteiger charge is -2.28. The maximum atomic E-state index is 12.6. The van der Waals surface area contributed by atoms with Crippen LogP contribution in [0, 0.1) is 0 Å². The molecule has 1 aliphatic rings. The van der Waals surface area contributed by atoms with Crippen LogP contribution in [0.4, 0.5) is 5.69 Å². The number of likely N-dealkylation sites (tertiary alicyclic amines) is 1. The molecule has 1 fully saturated rings. The number of amides is 1. The second-order valence-electron chi connectivity index (χ2n) is 7.15. The summed E-state index contributed by atoms with van der Waals surface area (Å²) in [5.74, 6) is -0.790. The Balaban J connectivity index is 0.00000364. The summed E-state index contributed by atoms with van der Waals surface area (Å²) in [6.07, 6.45) is 3.80. The Labute approximate surface area is 168 Å². The molecule has 0 aromatic heterocycles. The van der Waals surface area contributed by atoms with Crippen molar-refractivity contribution in [3.63, 3.8) is 0 Å². The minimum Gasteiger partial charge on any atom is -0.480 e. The number of hydrogen-bond donors (Lipinski definition) is 2. The van der Waals surface area contributed by atoms with Gasteiger partial charge < -0.3 is 10.4 Å². The maximum absolute atomic E-state index is 12.6. The van der Waals surface area contributed by atoms with Gasteiger partial charge >= 0.3 is 5.97 Å². The number of carbonyl (C=O) groups is 2. The number of nitrogens with one attached hydrogen (secondary N) is 1. The van der Waals surface area contributed by atoms with Gasteiger partial charge in [-0.25, -0.2) is 0 Å². The van der Waals surface area contributed by atoms with E-state index in [9.17, 15) is 9.59 Å². The number of carbonyl (C=O) groups excluding carboxylic acids is 1. The first-order valence-corrected chi connectivity index (χ1v) is 9.46. The highest BCUT2D eigenvalue weighted by Crippen LogP contribution is 2.18. The highest BCUT2D eigenvalue weighted by atomic mass is 35.5. The third-order valence-electron chi connectivity index (χ3n) is 5.30. The van der Waals surface area contributed by atoms with E-state index in [-0.39, 0.29) is 36.9 Å². The fraction of sp³-hybridized carbons (Fsp3) is 0.600. The normalized spacial score (nSPS) is 19.0. The predicted octanol–water partition coefficient (Wildman–Crippen LogP) is 2.87. The van der Waals surface area contributed by atoms with Crippen molar-refractivity contribution < 1.29 is 14.7 Å². The molecule has 2 N–H and O–H groups in total. The molecule has 1 amide bonds. The van der Waals surface area contributed by atoms with Crippen LogP contribution in [0.15, 0.2) is 24.3 Å². The first-order valence-electron chi connectivity index (χ1n) is 9.46. The maximum Gasteiger partial charge on any atom is 0.317 e. The van der Waals surface area contributed by atoms with Crippen molar-refractivity contribution >= 4 is 30.0 Å². The Morgan fingerprint density at radius 1 is 1.26 bits per heavy atom. The number of benzene rings is 1. The molecule has 0 bridgehead atoms. The number of anilines is 1. The number of aryl methyl sites for hydroxylation is 1. The molecule has 1 aromatic carbocycles. The predicted molar refractivity (Wildman–Crippen MR) is 111 cm³/mol. The van der Waals surface area contributed by atoms with Crippen molar-refractivity contribution in [1.82, 2.24) is 9.80 Å². The van der Waals surface area contributed by atoms with Crippen molar-refractivity contribution in [2.24, 2.45) is 0 Å². The fourth-order valence-electron chi connectivity index (χ4n) is 3.51. The average Bonchev–Trinajstić information content (AvgIpc) is 2.87. The third kappa shape index (κ3) is 7.13. The van der Waals surface area contributed by atoms with Gasteiger partial charge in [-0.15, -0.1) is 12.4 Å². The van der Waals surface area contributed by atoms with Crippen LogP contribution in [0.5, 0.6) is 0 Å². The summed E-state index contributed by atoms with van der Waals surface area (Å²) < 4.78 is 0. The Morgan fingerprint density at radius 3 is 2.52 bits per heavy atom. The zero-order valence-corrected chi connectivity index (χ0v) is 17.3. The minimum atomic E-state index is -0.796. The smallest absolute Gasteiger partial charge is 0.317 e. The van der Waals surface area contributed by atoms with E-state index >= 15 is 0 Å². The van der Waals surface area contributed by atoms with E-state index < -0.39 is 5.97 Å². The van der Waals surface area contributed by atoms with Crippen LogP contribution in [0.1, 0.15) is 38.7 Å². The van der Waals surface area contributed by atoms with Gasteiger partial charge in [-0.3, -0.25) is 19.4 Å². The highest BCUT2D eigenvalue weighted by Gasteiger charge is 2.26. The van der Waals surface area contributed by atoms with Crippen molar-refractivity contribution in [2.45, 2.75) is 51.6 Å². The molecule has 1 heterocycles. The number of hydrogen-bond acceptors (Lipinski definition) is 4. The van der Waals surface area contributed by atoms with E-state index in [4.69, 9.17) is 5.11 Å². The van der Waals surface area contributed by atoms with Crippen molar-refractivity contribution in [2.75, 3.05) is 32.0 Å². The molecule has 2 rings (SSSR count). The number of carboxylic acid groups (broad SMARTS) is 1. The molecule has 27 heavy (non-hydrogen) atoms. The zero-order chi connectivity index (χ0) is 19.1. The van der Waals surface area contributed by atoms with Gasteiger partial charge in [0.25, 0.3) is 0 Å². The van der Waals surface area contributed by atoms with Crippen LogP contribution in [-0.4, -0.2) is 65.5 Å². The molecule has 2 unspecified atom stereocenters. The van der Waals surface area contributed by atoms with Gasteiger partial charge in [0.1, 0.15) is 0 Å². The molecule has 2 atom stereocenters. The van der Waals surface area contributed by atoms with E-state index in [0.717, 1.165) is 44.5 Å². The minimum absolute atomic E-state index is 0. The van der Waals surface area contributed by atoms with E-state index in [2.05, 4.69) is 17.1 Å². The average molecular weight is 398 g/mol. The molecule has 0 aliphatic carbocycles. The molecule has 1 saturated heterocycles. The number of halogens is 1. The lowest BCUT2D eigenvalue weighted by Crippen LogP contribution is -2.43. The second kappa shape index (κ2) is 11.3. The zero-order valence-electron chi connectivity index (χ0n) is 16.5. The van der Waals surface area contributed by atoms with Gasteiger partial charge in [0.15, 0.2) is 0 Å². The van der Waals surface area contributed by atoms with Gasteiger partial charge in [0, 0.05) is 18.3 Å². The number of aliphatic carboxylic acids is 1. The summed E-state index contributed by atoms with van der Waals surface area (Å²) in [6.45, 7) is 5.78. The van der Waals surface area contributed by atoms with Crippen LogP contribution in [0.3, 0.4) is 0 Å². The number of likely N-dealkylation sites (N-methyl/N-ethyl adjacent to an activating group) is 1. The standard InChI is InChI=1S/C20H31N3O3.ClH/c1-4-16-7-9-17(10-8-16)21-20(26)15(2)23-12-5-6-18(11-13-23)22(3)14-19(24)25;/h7-10,15,18H,4-6,11-14H2,1-3H3,(H,21,26)(H,24,25);1H. The van der Waals surface area contributed by atoms with Crippen LogP contribution >= 0.6 is 12.4 Å². The van der Waals surface area contributed by atoms with E-state index in [0.29, 0.717) is 0 Å². The molecule has 0 spiro atoms. The van der Waals surface area contributed by atoms with Gasteiger partial charge in [0.05, 0.1) is 12.6 Å². The van der Waals surface area contributed by atoms with Gasteiger partial charge in [0.2, 0.25) is 5.91 Å². The summed E-state index contributed by atoms with van der Waals surface area (Å²) in [7, 11) is 1.87. The molecule has 1 aromatic rings. The fourth-order valence-corrected chi connectivity index (χ4v) is 3.51. The first-order chi connectivity index (χ1) is 12.4. The van der Waals surface area contributed by atoms with Crippen LogP contribution in [0.25, 0.3) is 0 Å². The lowest BCUT2D eigenvalue weighted by molar-refractivity contribution is -0.138. The SMILES string of the molecule is CCc1ccc(NC(=O)C(C)N2CCCC(N(C)CC(=O)O)CC2)cc1.Cl. The molecule has 1 aliphatic heterocycles. The monoisotopic (exact) mass is 397 g/mol. The molecule has 7 heteroatoms. The van der Waals surface area contributed by atoms with Crippen molar-refractivity contribution in [3.8, 4) is 0 Å². The van der Waals surface area contributed by atoms with Crippen LogP contribution in [0.2, 0.25) is 0 Å². The summed E-state index contributed by atoms with van der Waals surface area (Å²) in [6, 6.07) is 8.02. The van der Waals surface area contributed by atoms with E-state index in [1.165, 1.54) is 5.56 Å². The van der Waals surface area contributed by atoms with E-state index in [1.807, 2.05) is 43.1 Å². The number of carboxylic acids is 1. The number of rotatable bonds is 7. The second-order valence-corrected chi connectivity index (χ2v) is 7.15. The Morgan fingerprint density at radius 2 is 1.93 bits per heavy atom. The molecule has 0 saturated carbocycles. The van der Waals surface area contributed by atoms with Gasteiger partial charge in [-0.05, 0) is 63.9 Å². The van der Waals surface area contributed by atoms with Gasteiger partial charge in [-0.1, -0.05) is 19.1 Å². The summed E-state index contributed by atoms with van der Waals surface area (Å²) in [5.41, 5.74) is 2.08. The Kier molecular flexibility index (Phi) is 9.77. The first kappa shape index (κ1) is 23.4. The van der Waals surface area contributed by atoms with Crippen molar-refractivity contribution in [3.05, 3.63) is 29.8 Å². The molecule has 0 radical (unpaired) electrons. The van der Waals surface area contributed by atoms with E-state index in [1.54, 1.807) is 0 Å². The Hall–Kier alpha value is -1.63. The van der Waals surface area contributed by atoms with Crippen LogP contribution in [-0.2, 0) is 16.0 Å². The molecular weight excluding hydrogens is 366 g/mol. The topological polar surface area (TPSA) is 72.9 Å². The summed E-state index contributed by atoms with van der Waals surface area (Å²) >= 11 is 0. The van der Waals surface area contributed by atoms with Crippen molar-refractivity contribution in [1.29, 1.82) is 0 Å². The van der Waals surface area contributed by atoms with Crippen LogP contribution < -0.4 is 5.32 Å². The lowest BCUT2D eigenvalue weighted by atomic mass is 10.1. The summed E-state index contributed by atoms with van der Waals surface area (Å²) in [5, 5.41) is 12.0. The molecule has 152 valence electrons.